The monoisotopic (exact) mass is 375 g/mol. The Morgan fingerprint density at radius 2 is 1.34 bits per heavy atom. The minimum Gasteiger partial charge on any atom is -0.312 e. The van der Waals surface area contributed by atoms with Gasteiger partial charge in [0.2, 0.25) is 0 Å². The van der Waals surface area contributed by atoms with Crippen molar-refractivity contribution in [1.29, 1.82) is 0 Å². The van der Waals surface area contributed by atoms with Gasteiger partial charge in [0.15, 0.2) is 5.78 Å². The fraction of sp³-hybridized carbons (Fsp3) is 0.0741. The Morgan fingerprint density at radius 3 is 2.00 bits per heavy atom. The summed E-state index contributed by atoms with van der Waals surface area (Å²) in [5.74, 6) is 0.0909. The molecule has 0 saturated carbocycles. The van der Waals surface area contributed by atoms with Crippen LogP contribution >= 0.6 is 0 Å². The Balaban J connectivity index is 2.07. The first kappa shape index (κ1) is 17.4. The third kappa shape index (κ3) is 2.68. The lowest BCUT2D eigenvalue weighted by atomic mass is 9.95. The molecule has 0 atom stereocenters. The molecule has 0 fully saturated rings. The largest absolute Gasteiger partial charge is 0.312 e. The number of carbonyl (C=O) groups excluding carboxylic acids is 1. The van der Waals surface area contributed by atoms with Crippen LogP contribution in [0.1, 0.15) is 23.0 Å². The number of rotatable bonds is 3. The SMILES string of the molecule is CC(=O)c1c(-c2ccccc2)c2c(-c3ccccc3)cc3ccccc3n2c1C. The lowest BCUT2D eigenvalue weighted by Gasteiger charge is -2.13. The van der Waals surface area contributed by atoms with E-state index in [9.17, 15) is 4.79 Å². The van der Waals surface area contributed by atoms with Gasteiger partial charge in [-0.1, -0.05) is 78.9 Å². The minimum absolute atomic E-state index is 0.0909. The van der Waals surface area contributed by atoms with Gasteiger partial charge >= 0.3 is 0 Å². The molecule has 0 N–H and O–H groups in total. The Kier molecular flexibility index (Phi) is 4.06. The number of aryl methyl sites for hydroxylation is 1. The Labute approximate surface area is 170 Å². The molecule has 2 nitrogen and oxygen atoms in total. The maximum atomic E-state index is 12.8. The van der Waals surface area contributed by atoms with Crippen LogP contribution in [0, 0.1) is 6.92 Å². The maximum Gasteiger partial charge on any atom is 0.162 e. The molecule has 5 aromatic rings. The molecule has 0 radical (unpaired) electrons. The van der Waals surface area contributed by atoms with Crippen molar-refractivity contribution in [2.45, 2.75) is 13.8 Å². The molecular weight excluding hydrogens is 354 g/mol. The Hall–Kier alpha value is -3.65. The van der Waals surface area contributed by atoms with Crippen LogP contribution in [0.4, 0.5) is 0 Å². The van der Waals surface area contributed by atoms with Gasteiger partial charge < -0.3 is 4.40 Å². The van der Waals surface area contributed by atoms with Gasteiger partial charge in [-0.15, -0.1) is 0 Å². The number of hydrogen-bond donors (Lipinski definition) is 0. The normalized spacial score (nSPS) is 11.2. The molecule has 0 bridgehead atoms. The molecule has 3 aromatic carbocycles. The first-order valence-corrected chi connectivity index (χ1v) is 9.85. The van der Waals surface area contributed by atoms with E-state index in [1.54, 1.807) is 6.92 Å². The first-order valence-electron chi connectivity index (χ1n) is 9.85. The van der Waals surface area contributed by atoms with Gasteiger partial charge in [-0.25, -0.2) is 0 Å². The van der Waals surface area contributed by atoms with E-state index in [1.165, 1.54) is 0 Å². The highest BCUT2D eigenvalue weighted by Crippen LogP contribution is 2.41. The highest BCUT2D eigenvalue weighted by Gasteiger charge is 2.24. The van der Waals surface area contributed by atoms with Gasteiger partial charge in [0.1, 0.15) is 0 Å². The molecule has 29 heavy (non-hydrogen) atoms. The number of pyridine rings is 1. The summed E-state index contributed by atoms with van der Waals surface area (Å²) in [6.07, 6.45) is 0. The first-order chi connectivity index (χ1) is 14.2. The van der Waals surface area contributed by atoms with Crippen LogP contribution in [-0.4, -0.2) is 10.2 Å². The van der Waals surface area contributed by atoms with Gasteiger partial charge in [-0.3, -0.25) is 4.79 Å². The highest BCUT2D eigenvalue weighted by atomic mass is 16.1. The molecule has 140 valence electrons. The molecule has 2 aromatic heterocycles. The predicted molar refractivity (Wildman–Crippen MR) is 121 cm³/mol. The molecule has 2 heteroatoms. The van der Waals surface area contributed by atoms with E-state index in [1.807, 2.05) is 24.3 Å². The van der Waals surface area contributed by atoms with Gasteiger partial charge in [0.05, 0.1) is 11.0 Å². The number of carbonyl (C=O) groups is 1. The Bertz CT molecular complexity index is 1360. The van der Waals surface area contributed by atoms with Crippen LogP contribution in [0.3, 0.4) is 0 Å². The number of Topliss-reactive ketones (excluding diaryl/α,β-unsaturated/α-hetero) is 1. The summed E-state index contributed by atoms with van der Waals surface area (Å²) in [6.45, 7) is 3.72. The Morgan fingerprint density at radius 1 is 0.759 bits per heavy atom. The third-order valence-corrected chi connectivity index (χ3v) is 5.64. The van der Waals surface area contributed by atoms with Gasteiger partial charge in [-0.05, 0) is 42.5 Å². The second kappa shape index (κ2) is 6.75. The maximum absolute atomic E-state index is 12.8. The molecule has 0 aliphatic carbocycles. The molecule has 0 unspecified atom stereocenters. The molecule has 2 heterocycles. The highest BCUT2D eigenvalue weighted by molar-refractivity contribution is 6.11. The smallest absolute Gasteiger partial charge is 0.162 e. The van der Waals surface area contributed by atoms with Gasteiger partial charge in [0, 0.05) is 22.4 Å². The molecule has 5 rings (SSSR count). The van der Waals surface area contributed by atoms with E-state index in [2.05, 4.69) is 78.1 Å². The summed E-state index contributed by atoms with van der Waals surface area (Å²) in [5.41, 5.74) is 8.35. The van der Waals surface area contributed by atoms with Crippen LogP contribution in [-0.2, 0) is 0 Å². The summed E-state index contributed by atoms with van der Waals surface area (Å²) in [4.78, 5) is 12.8. The molecule has 0 spiro atoms. The van der Waals surface area contributed by atoms with Crippen molar-refractivity contribution in [2.75, 3.05) is 0 Å². The second-order valence-corrected chi connectivity index (χ2v) is 7.42. The fourth-order valence-corrected chi connectivity index (χ4v) is 4.44. The molecule has 0 amide bonds. The predicted octanol–water partition coefficient (Wildman–Crippen LogP) is 6.94. The zero-order valence-corrected chi connectivity index (χ0v) is 16.5. The van der Waals surface area contributed by atoms with Crippen molar-refractivity contribution in [3.8, 4) is 22.3 Å². The summed E-state index contributed by atoms with van der Waals surface area (Å²) >= 11 is 0. The molecule has 0 aliphatic heterocycles. The van der Waals surface area contributed by atoms with Crippen LogP contribution in [0.2, 0.25) is 0 Å². The average Bonchev–Trinajstić information content (AvgIpc) is 3.08. The summed E-state index contributed by atoms with van der Waals surface area (Å²) in [7, 11) is 0. The number of hydrogen-bond acceptors (Lipinski definition) is 1. The van der Waals surface area contributed by atoms with Crippen molar-refractivity contribution < 1.29 is 4.79 Å². The quantitative estimate of drug-likeness (QED) is 0.313. The lowest BCUT2D eigenvalue weighted by molar-refractivity contribution is 0.101. The molecule has 0 saturated heterocycles. The fourth-order valence-electron chi connectivity index (χ4n) is 4.44. The van der Waals surface area contributed by atoms with E-state index in [4.69, 9.17) is 0 Å². The van der Waals surface area contributed by atoms with E-state index < -0.39 is 0 Å². The van der Waals surface area contributed by atoms with Gasteiger partial charge in [-0.2, -0.15) is 0 Å². The van der Waals surface area contributed by atoms with Crippen LogP contribution in [0.15, 0.2) is 91.0 Å². The van der Waals surface area contributed by atoms with Crippen LogP contribution < -0.4 is 0 Å². The van der Waals surface area contributed by atoms with E-state index in [-0.39, 0.29) is 5.78 Å². The van der Waals surface area contributed by atoms with E-state index in [0.29, 0.717) is 0 Å². The summed E-state index contributed by atoms with van der Waals surface area (Å²) in [5, 5.41) is 1.16. The standard InChI is InChI=1S/C27H21NO/c1-18-25(19(2)29)26(21-13-7-4-8-14-21)27-23(20-11-5-3-6-12-20)17-22-15-9-10-16-24(22)28(18)27/h3-17H,1-2H3. The third-order valence-electron chi connectivity index (χ3n) is 5.64. The van der Waals surface area contributed by atoms with Gasteiger partial charge in [0.25, 0.3) is 0 Å². The zero-order chi connectivity index (χ0) is 20.0. The van der Waals surface area contributed by atoms with Crippen LogP contribution in [0.5, 0.6) is 0 Å². The van der Waals surface area contributed by atoms with Crippen LogP contribution in [0.25, 0.3) is 38.7 Å². The van der Waals surface area contributed by atoms with E-state index in [0.717, 1.165) is 49.9 Å². The molecule has 0 aliphatic rings. The van der Waals surface area contributed by atoms with Crippen molar-refractivity contribution in [3.63, 3.8) is 0 Å². The van der Waals surface area contributed by atoms with Crippen molar-refractivity contribution in [1.82, 2.24) is 4.40 Å². The summed E-state index contributed by atoms with van der Waals surface area (Å²) < 4.78 is 2.26. The minimum atomic E-state index is 0.0909. The lowest BCUT2D eigenvalue weighted by Crippen LogP contribution is -1.97. The number of ketones is 1. The number of benzene rings is 3. The zero-order valence-electron chi connectivity index (χ0n) is 16.5. The topological polar surface area (TPSA) is 21.5 Å². The number of para-hydroxylation sites is 1. The average molecular weight is 375 g/mol. The van der Waals surface area contributed by atoms with Crippen molar-refractivity contribution in [3.05, 3.63) is 102 Å². The number of fused-ring (bicyclic) bond motifs is 3. The summed E-state index contributed by atoms with van der Waals surface area (Å²) in [6, 6.07) is 31.3. The number of nitrogens with zero attached hydrogens (tertiary/aromatic N) is 1. The molecular formula is C27H21NO. The van der Waals surface area contributed by atoms with Crippen molar-refractivity contribution in [2.24, 2.45) is 0 Å². The number of aromatic nitrogens is 1. The second-order valence-electron chi connectivity index (χ2n) is 7.42. The van der Waals surface area contributed by atoms with Crippen molar-refractivity contribution >= 4 is 22.2 Å². The van der Waals surface area contributed by atoms with E-state index >= 15 is 0 Å².